The Morgan fingerprint density at radius 3 is 2.61 bits per heavy atom. The summed E-state index contributed by atoms with van der Waals surface area (Å²) in [7, 11) is 0. The molecule has 0 aliphatic heterocycles. The molecule has 0 saturated carbocycles. The molecule has 0 bridgehead atoms. The number of anilines is 1. The van der Waals surface area contributed by atoms with E-state index in [9.17, 15) is 9.59 Å². The van der Waals surface area contributed by atoms with E-state index >= 15 is 0 Å². The number of aryl methyl sites for hydroxylation is 1. The van der Waals surface area contributed by atoms with Crippen molar-refractivity contribution in [2.75, 3.05) is 11.9 Å². The number of amides is 1. The van der Waals surface area contributed by atoms with Crippen molar-refractivity contribution < 1.29 is 14.3 Å². The van der Waals surface area contributed by atoms with Crippen LogP contribution >= 0.6 is 34.5 Å². The molecule has 1 amide bonds. The minimum absolute atomic E-state index is 0.330. The predicted molar refractivity (Wildman–Crippen MR) is 125 cm³/mol. The van der Waals surface area contributed by atoms with Gasteiger partial charge in [-0.1, -0.05) is 47.5 Å². The standard InChI is InChI=1S/C23H16Cl2N2O3S/c1-13-6-7-14(10-17(13)24)26-22(28)12-30-23(29)16-11-19(20-8-9-21(25)31-20)27-18-5-3-2-4-15(16)18/h2-11H,12H2,1H3,(H,26,28). The molecule has 2 heterocycles. The zero-order valence-corrected chi connectivity index (χ0v) is 18.6. The lowest BCUT2D eigenvalue weighted by Gasteiger charge is -2.10. The fourth-order valence-electron chi connectivity index (χ4n) is 3.00. The van der Waals surface area contributed by atoms with Crippen molar-refractivity contribution in [3.8, 4) is 10.6 Å². The number of pyridine rings is 1. The Hall–Kier alpha value is -2.93. The van der Waals surface area contributed by atoms with E-state index in [1.165, 1.54) is 11.3 Å². The van der Waals surface area contributed by atoms with Crippen LogP contribution in [0.2, 0.25) is 9.36 Å². The normalized spacial score (nSPS) is 10.8. The second-order valence-corrected chi connectivity index (χ2v) is 8.89. The number of para-hydroxylation sites is 1. The molecule has 5 nitrogen and oxygen atoms in total. The average molecular weight is 471 g/mol. The van der Waals surface area contributed by atoms with E-state index in [1.807, 2.05) is 31.2 Å². The largest absolute Gasteiger partial charge is 0.452 e. The van der Waals surface area contributed by atoms with Crippen LogP contribution < -0.4 is 5.32 Å². The molecule has 31 heavy (non-hydrogen) atoms. The highest BCUT2D eigenvalue weighted by molar-refractivity contribution is 7.19. The molecule has 0 saturated heterocycles. The molecule has 0 atom stereocenters. The molecule has 8 heteroatoms. The highest BCUT2D eigenvalue weighted by Crippen LogP contribution is 2.32. The Kier molecular flexibility index (Phi) is 6.23. The van der Waals surface area contributed by atoms with Crippen LogP contribution in [0.3, 0.4) is 0 Å². The Morgan fingerprint density at radius 1 is 1.06 bits per heavy atom. The molecule has 2 aromatic heterocycles. The summed E-state index contributed by atoms with van der Waals surface area (Å²) in [5.74, 6) is -1.07. The minimum atomic E-state index is -0.611. The maximum Gasteiger partial charge on any atom is 0.339 e. The van der Waals surface area contributed by atoms with Crippen molar-refractivity contribution in [2.24, 2.45) is 0 Å². The van der Waals surface area contributed by atoms with E-state index in [4.69, 9.17) is 27.9 Å². The molecule has 0 unspecified atom stereocenters. The first-order valence-electron chi connectivity index (χ1n) is 9.29. The van der Waals surface area contributed by atoms with Gasteiger partial charge < -0.3 is 10.1 Å². The summed E-state index contributed by atoms with van der Waals surface area (Å²) in [5.41, 5.74) is 3.02. The van der Waals surface area contributed by atoms with Gasteiger partial charge in [0.1, 0.15) is 0 Å². The van der Waals surface area contributed by atoms with Crippen LogP contribution in [0.4, 0.5) is 5.69 Å². The van der Waals surface area contributed by atoms with Gasteiger partial charge in [0.15, 0.2) is 6.61 Å². The van der Waals surface area contributed by atoms with E-state index in [-0.39, 0.29) is 0 Å². The lowest BCUT2D eigenvalue weighted by Crippen LogP contribution is -2.21. The molecule has 0 radical (unpaired) electrons. The fourth-order valence-corrected chi connectivity index (χ4v) is 4.18. The van der Waals surface area contributed by atoms with E-state index in [2.05, 4.69) is 10.3 Å². The van der Waals surface area contributed by atoms with Crippen molar-refractivity contribution in [2.45, 2.75) is 6.92 Å². The Labute approximate surface area is 192 Å². The Morgan fingerprint density at radius 2 is 1.87 bits per heavy atom. The van der Waals surface area contributed by atoms with Gasteiger partial charge in [0, 0.05) is 16.1 Å². The van der Waals surface area contributed by atoms with Gasteiger partial charge >= 0.3 is 5.97 Å². The summed E-state index contributed by atoms with van der Waals surface area (Å²) in [6.07, 6.45) is 0. The van der Waals surface area contributed by atoms with Crippen LogP contribution in [0, 0.1) is 6.92 Å². The first kappa shape index (κ1) is 21.3. The van der Waals surface area contributed by atoms with E-state index < -0.39 is 18.5 Å². The van der Waals surface area contributed by atoms with Gasteiger partial charge in [-0.3, -0.25) is 4.79 Å². The molecule has 156 valence electrons. The number of hydrogen-bond donors (Lipinski definition) is 1. The van der Waals surface area contributed by atoms with Crippen molar-refractivity contribution >= 4 is 63.0 Å². The number of thiophene rings is 1. The second-order valence-electron chi connectivity index (χ2n) is 6.76. The summed E-state index contributed by atoms with van der Waals surface area (Å²) >= 11 is 13.5. The van der Waals surface area contributed by atoms with Gasteiger partial charge in [0.25, 0.3) is 5.91 Å². The molecule has 4 rings (SSSR count). The SMILES string of the molecule is Cc1ccc(NC(=O)COC(=O)c2cc(-c3ccc(Cl)s3)nc3ccccc23)cc1Cl. The average Bonchev–Trinajstić information content (AvgIpc) is 3.20. The molecule has 4 aromatic rings. The highest BCUT2D eigenvalue weighted by Gasteiger charge is 2.17. The number of halogens is 2. The van der Waals surface area contributed by atoms with E-state index in [0.29, 0.717) is 37.2 Å². The van der Waals surface area contributed by atoms with Crippen LogP contribution in [0.15, 0.2) is 60.7 Å². The minimum Gasteiger partial charge on any atom is -0.452 e. The third kappa shape index (κ3) is 4.88. The number of benzene rings is 2. The summed E-state index contributed by atoms with van der Waals surface area (Å²) < 4.78 is 5.91. The van der Waals surface area contributed by atoms with Gasteiger partial charge in [-0.2, -0.15) is 0 Å². The number of aromatic nitrogens is 1. The van der Waals surface area contributed by atoms with Crippen molar-refractivity contribution in [3.05, 3.63) is 81.1 Å². The molecule has 0 fully saturated rings. The Bertz CT molecular complexity index is 1300. The highest BCUT2D eigenvalue weighted by atomic mass is 35.5. The number of nitrogens with one attached hydrogen (secondary N) is 1. The molecule has 1 N–H and O–H groups in total. The number of esters is 1. The molecular weight excluding hydrogens is 455 g/mol. The van der Waals surface area contributed by atoms with E-state index in [1.54, 1.807) is 36.4 Å². The van der Waals surface area contributed by atoms with Crippen molar-refractivity contribution in [3.63, 3.8) is 0 Å². The Balaban J connectivity index is 1.54. The zero-order valence-electron chi connectivity index (χ0n) is 16.3. The van der Waals surface area contributed by atoms with Crippen LogP contribution in [0.1, 0.15) is 15.9 Å². The number of ether oxygens (including phenoxy) is 1. The topological polar surface area (TPSA) is 68.3 Å². The summed E-state index contributed by atoms with van der Waals surface area (Å²) in [4.78, 5) is 30.5. The smallest absolute Gasteiger partial charge is 0.339 e. The summed E-state index contributed by atoms with van der Waals surface area (Å²) in [6, 6.07) is 17.7. The number of rotatable bonds is 5. The van der Waals surface area contributed by atoms with Crippen molar-refractivity contribution in [1.82, 2.24) is 4.98 Å². The van der Waals surface area contributed by atoms with Crippen LogP contribution in [-0.2, 0) is 9.53 Å². The number of carbonyl (C=O) groups is 2. The van der Waals surface area contributed by atoms with Gasteiger partial charge in [-0.25, -0.2) is 9.78 Å². The number of fused-ring (bicyclic) bond motifs is 1. The number of carbonyl (C=O) groups excluding carboxylic acids is 2. The first-order chi connectivity index (χ1) is 14.9. The molecule has 0 aliphatic rings. The van der Waals surface area contributed by atoms with Crippen LogP contribution in [0.5, 0.6) is 0 Å². The fraction of sp³-hybridized carbons (Fsp3) is 0.0870. The zero-order chi connectivity index (χ0) is 22.0. The van der Waals surface area contributed by atoms with Gasteiger partial charge in [-0.05, 0) is 48.9 Å². The van der Waals surface area contributed by atoms with Crippen LogP contribution in [-0.4, -0.2) is 23.5 Å². The first-order valence-corrected chi connectivity index (χ1v) is 10.9. The molecule has 0 aliphatic carbocycles. The molecule has 0 spiro atoms. The van der Waals surface area contributed by atoms with Gasteiger partial charge in [0.2, 0.25) is 0 Å². The monoisotopic (exact) mass is 470 g/mol. The van der Waals surface area contributed by atoms with E-state index in [0.717, 1.165) is 10.4 Å². The van der Waals surface area contributed by atoms with Gasteiger partial charge in [0.05, 0.1) is 26.0 Å². The lowest BCUT2D eigenvalue weighted by molar-refractivity contribution is -0.119. The lowest BCUT2D eigenvalue weighted by atomic mass is 10.1. The third-order valence-corrected chi connectivity index (χ3v) is 6.21. The van der Waals surface area contributed by atoms with Crippen molar-refractivity contribution in [1.29, 1.82) is 0 Å². The second kappa shape index (κ2) is 9.06. The molecule has 2 aromatic carbocycles. The predicted octanol–water partition coefficient (Wildman–Crippen LogP) is 6.37. The van der Waals surface area contributed by atoms with Crippen LogP contribution in [0.25, 0.3) is 21.5 Å². The third-order valence-electron chi connectivity index (χ3n) is 4.55. The number of hydrogen-bond acceptors (Lipinski definition) is 5. The quantitative estimate of drug-likeness (QED) is 0.343. The summed E-state index contributed by atoms with van der Waals surface area (Å²) in [6.45, 7) is 1.44. The number of nitrogens with zero attached hydrogens (tertiary/aromatic N) is 1. The maximum absolute atomic E-state index is 12.8. The molecular formula is C23H16Cl2N2O3S. The maximum atomic E-state index is 12.8. The van der Waals surface area contributed by atoms with Gasteiger partial charge in [-0.15, -0.1) is 11.3 Å². The summed E-state index contributed by atoms with van der Waals surface area (Å²) in [5, 5.41) is 3.85.